The summed E-state index contributed by atoms with van der Waals surface area (Å²) in [5, 5.41) is 7.08. The van der Waals surface area contributed by atoms with Crippen molar-refractivity contribution in [1.82, 2.24) is 19.4 Å². The van der Waals surface area contributed by atoms with Crippen LogP contribution in [0.15, 0.2) is 48.0 Å². The van der Waals surface area contributed by atoms with Crippen molar-refractivity contribution in [2.75, 3.05) is 25.0 Å². The summed E-state index contributed by atoms with van der Waals surface area (Å²) in [6.45, 7) is 4.92. The zero-order chi connectivity index (χ0) is 21.4. The van der Waals surface area contributed by atoms with Crippen molar-refractivity contribution in [3.63, 3.8) is 0 Å². The molecule has 0 amide bonds. The van der Waals surface area contributed by atoms with Gasteiger partial charge in [0, 0.05) is 49.2 Å². The number of pyridine rings is 1. The van der Waals surface area contributed by atoms with Crippen LogP contribution < -0.4 is 5.32 Å². The van der Waals surface area contributed by atoms with E-state index in [0.29, 0.717) is 6.61 Å². The number of hydrogen-bond acceptors (Lipinski definition) is 6. The lowest BCUT2D eigenvalue weighted by molar-refractivity contribution is -0.0348. The highest BCUT2D eigenvalue weighted by molar-refractivity contribution is 7.13. The summed E-state index contributed by atoms with van der Waals surface area (Å²) in [6, 6.07) is 10.9. The van der Waals surface area contributed by atoms with Gasteiger partial charge in [-0.1, -0.05) is 6.07 Å². The zero-order valence-corrected chi connectivity index (χ0v) is 18.3. The minimum atomic E-state index is -0.205. The van der Waals surface area contributed by atoms with Gasteiger partial charge >= 0.3 is 0 Å². The van der Waals surface area contributed by atoms with Crippen molar-refractivity contribution in [2.45, 2.75) is 19.6 Å². The van der Waals surface area contributed by atoms with E-state index in [1.165, 1.54) is 6.07 Å². The van der Waals surface area contributed by atoms with Crippen LogP contribution >= 0.6 is 11.3 Å². The highest BCUT2D eigenvalue weighted by atomic mass is 32.1. The van der Waals surface area contributed by atoms with Gasteiger partial charge in [-0.3, -0.25) is 4.90 Å². The molecule has 3 aromatic heterocycles. The fourth-order valence-electron chi connectivity index (χ4n) is 4.06. The van der Waals surface area contributed by atoms with Gasteiger partial charge in [-0.25, -0.2) is 14.4 Å². The molecule has 6 nitrogen and oxygen atoms in total. The summed E-state index contributed by atoms with van der Waals surface area (Å²) in [6.07, 6.45) is 1.98. The SMILES string of the molecule is Cc1csc(Nc2cccc([C@@H]3CN(Cc4cn(C)c5ccc(F)cc45)CCO3)n2)n1. The Hall–Kier alpha value is -2.81. The van der Waals surface area contributed by atoms with Crippen molar-refractivity contribution in [3.8, 4) is 0 Å². The molecule has 1 N–H and O–H groups in total. The van der Waals surface area contributed by atoms with Crippen LogP contribution in [0.25, 0.3) is 10.9 Å². The van der Waals surface area contributed by atoms with Gasteiger partial charge < -0.3 is 14.6 Å². The van der Waals surface area contributed by atoms with E-state index in [4.69, 9.17) is 9.72 Å². The average Bonchev–Trinajstić information content (AvgIpc) is 3.31. The average molecular weight is 438 g/mol. The lowest BCUT2D eigenvalue weighted by Gasteiger charge is -2.32. The lowest BCUT2D eigenvalue weighted by Crippen LogP contribution is -2.38. The van der Waals surface area contributed by atoms with E-state index in [2.05, 4.69) is 26.0 Å². The third kappa shape index (κ3) is 4.32. The van der Waals surface area contributed by atoms with Crippen molar-refractivity contribution in [1.29, 1.82) is 0 Å². The quantitative estimate of drug-likeness (QED) is 0.486. The number of morpholine rings is 1. The molecular weight excluding hydrogens is 413 g/mol. The van der Waals surface area contributed by atoms with Gasteiger partial charge in [0.25, 0.3) is 0 Å². The molecule has 4 aromatic rings. The lowest BCUT2D eigenvalue weighted by atomic mass is 10.1. The Labute approximate surface area is 184 Å². The maximum absolute atomic E-state index is 13.8. The molecule has 1 aliphatic rings. The summed E-state index contributed by atoms with van der Waals surface area (Å²) >= 11 is 1.56. The standard InChI is InChI=1S/C23H24FN5OS/c1-15-14-31-23(25-15)27-22-5-3-4-19(26-22)21-13-29(8-9-30-21)12-16-11-28(2)20-7-6-17(24)10-18(16)20/h3-7,10-11,14,21H,8-9,12-13H2,1-2H3,(H,25,26,27)/t21-/m0/s1. The second-order valence-corrected chi connectivity index (χ2v) is 8.75. The van der Waals surface area contributed by atoms with Crippen molar-refractivity contribution in [3.05, 3.63) is 70.7 Å². The third-order valence-corrected chi connectivity index (χ3v) is 6.41. The molecule has 4 heterocycles. The minimum Gasteiger partial charge on any atom is -0.369 e. The molecule has 1 atom stereocenters. The molecular formula is C23H24FN5OS. The fourth-order valence-corrected chi connectivity index (χ4v) is 4.75. The zero-order valence-electron chi connectivity index (χ0n) is 17.5. The number of nitrogens with zero attached hydrogens (tertiary/aromatic N) is 4. The third-order valence-electron chi connectivity index (χ3n) is 5.53. The molecule has 1 fully saturated rings. The summed E-state index contributed by atoms with van der Waals surface area (Å²) in [5.74, 6) is 0.556. The molecule has 8 heteroatoms. The minimum absolute atomic E-state index is 0.111. The number of anilines is 2. The Balaban J connectivity index is 1.32. The van der Waals surface area contributed by atoms with Gasteiger partial charge in [0.1, 0.15) is 17.7 Å². The summed E-state index contributed by atoms with van der Waals surface area (Å²) < 4.78 is 21.9. The molecule has 0 aliphatic carbocycles. The van der Waals surface area contributed by atoms with Gasteiger partial charge in [-0.2, -0.15) is 0 Å². The van der Waals surface area contributed by atoms with E-state index < -0.39 is 0 Å². The monoisotopic (exact) mass is 437 g/mol. The number of aryl methyl sites for hydroxylation is 2. The Kier molecular flexibility index (Phi) is 5.43. The van der Waals surface area contributed by atoms with Gasteiger partial charge in [0.05, 0.1) is 18.0 Å². The van der Waals surface area contributed by atoms with Gasteiger partial charge in [0.2, 0.25) is 0 Å². The number of aromatic nitrogens is 3. The number of hydrogen-bond donors (Lipinski definition) is 1. The second kappa shape index (κ2) is 8.37. The first kappa shape index (κ1) is 20.1. The number of thiazole rings is 1. The number of ether oxygens (including phenoxy) is 1. The second-order valence-electron chi connectivity index (χ2n) is 7.89. The Morgan fingerprint density at radius 2 is 2.16 bits per heavy atom. The van der Waals surface area contributed by atoms with Gasteiger partial charge in [-0.15, -0.1) is 11.3 Å². The predicted molar refractivity (Wildman–Crippen MR) is 121 cm³/mol. The first-order valence-corrected chi connectivity index (χ1v) is 11.2. The molecule has 160 valence electrons. The first-order chi connectivity index (χ1) is 15.0. The smallest absolute Gasteiger partial charge is 0.188 e. The molecule has 0 unspecified atom stereocenters. The number of benzene rings is 1. The maximum Gasteiger partial charge on any atom is 0.188 e. The number of fused-ring (bicyclic) bond motifs is 1. The Morgan fingerprint density at radius 1 is 1.26 bits per heavy atom. The Bertz CT molecular complexity index is 1220. The van der Waals surface area contributed by atoms with Crippen molar-refractivity contribution in [2.24, 2.45) is 7.05 Å². The normalized spacial score (nSPS) is 17.3. The van der Waals surface area contributed by atoms with E-state index in [1.807, 2.05) is 43.6 Å². The maximum atomic E-state index is 13.8. The van der Waals surface area contributed by atoms with Crippen LogP contribution in [-0.4, -0.2) is 39.1 Å². The van der Waals surface area contributed by atoms with Crippen molar-refractivity contribution >= 4 is 33.2 Å². The largest absolute Gasteiger partial charge is 0.369 e. The molecule has 31 heavy (non-hydrogen) atoms. The predicted octanol–water partition coefficient (Wildman–Crippen LogP) is 4.79. The Morgan fingerprint density at radius 3 is 3.00 bits per heavy atom. The number of halogens is 1. The van der Waals surface area contributed by atoms with E-state index in [0.717, 1.165) is 58.4 Å². The molecule has 1 aliphatic heterocycles. The number of nitrogens with one attached hydrogen (secondary N) is 1. The van der Waals surface area contributed by atoms with Crippen LogP contribution in [-0.2, 0) is 18.3 Å². The molecule has 1 aromatic carbocycles. The fraction of sp³-hybridized carbons (Fsp3) is 0.304. The van der Waals surface area contributed by atoms with Gasteiger partial charge in [0.15, 0.2) is 5.13 Å². The summed E-state index contributed by atoms with van der Waals surface area (Å²) in [7, 11) is 2.00. The highest BCUT2D eigenvalue weighted by Crippen LogP contribution is 2.27. The summed E-state index contributed by atoms with van der Waals surface area (Å²) in [4.78, 5) is 11.5. The van der Waals surface area contributed by atoms with Crippen LogP contribution in [0, 0.1) is 12.7 Å². The molecule has 0 spiro atoms. The molecule has 0 bridgehead atoms. The van der Waals surface area contributed by atoms with E-state index >= 15 is 0 Å². The van der Waals surface area contributed by atoms with Crippen LogP contribution in [0.1, 0.15) is 23.1 Å². The van der Waals surface area contributed by atoms with E-state index in [9.17, 15) is 4.39 Å². The number of rotatable bonds is 5. The van der Waals surface area contributed by atoms with Crippen LogP contribution in [0.2, 0.25) is 0 Å². The highest BCUT2D eigenvalue weighted by Gasteiger charge is 2.24. The molecule has 1 saturated heterocycles. The van der Waals surface area contributed by atoms with E-state index in [-0.39, 0.29) is 11.9 Å². The summed E-state index contributed by atoms with van der Waals surface area (Å²) in [5.41, 5.74) is 4.05. The van der Waals surface area contributed by atoms with E-state index in [1.54, 1.807) is 17.4 Å². The van der Waals surface area contributed by atoms with Crippen LogP contribution in [0.5, 0.6) is 0 Å². The van der Waals surface area contributed by atoms with Crippen LogP contribution in [0.3, 0.4) is 0 Å². The van der Waals surface area contributed by atoms with Crippen molar-refractivity contribution < 1.29 is 9.13 Å². The molecule has 5 rings (SSSR count). The topological polar surface area (TPSA) is 55.2 Å². The van der Waals surface area contributed by atoms with Crippen LogP contribution in [0.4, 0.5) is 15.3 Å². The van der Waals surface area contributed by atoms with Gasteiger partial charge in [-0.05, 0) is 42.8 Å². The molecule has 0 saturated carbocycles. The molecule has 0 radical (unpaired) electrons. The first-order valence-electron chi connectivity index (χ1n) is 10.3.